The Balaban J connectivity index is 1.58. The van der Waals surface area contributed by atoms with Crippen LogP contribution in [0.4, 0.5) is 5.69 Å². The Hall–Kier alpha value is -3.84. The van der Waals surface area contributed by atoms with Crippen molar-refractivity contribution in [1.82, 2.24) is 4.98 Å². The number of aromatic carboxylic acids is 1. The molecule has 6 nitrogen and oxygen atoms in total. The number of hydrogen-bond donors (Lipinski definition) is 1. The zero-order chi connectivity index (χ0) is 23.3. The molecule has 0 bridgehead atoms. The van der Waals surface area contributed by atoms with Crippen LogP contribution in [-0.4, -0.2) is 27.9 Å². The number of halogens is 1. The second-order valence-corrected chi connectivity index (χ2v) is 8.63. The van der Waals surface area contributed by atoms with Crippen LogP contribution in [0.1, 0.15) is 43.6 Å². The van der Waals surface area contributed by atoms with Crippen molar-refractivity contribution in [3.63, 3.8) is 0 Å². The van der Waals surface area contributed by atoms with Gasteiger partial charge in [-0.2, -0.15) is 0 Å². The van der Waals surface area contributed by atoms with Crippen LogP contribution >= 0.6 is 15.9 Å². The summed E-state index contributed by atoms with van der Waals surface area (Å²) in [7, 11) is 0. The van der Waals surface area contributed by atoms with Crippen LogP contribution in [0.25, 0.3) is 22.2 Å². The van der Waals surface area contributed by atoms with E-state index in [1.54, 1.807) is 60.7 Å². The highest BCUT2D eigenvalue weighted by molar-refractivity contribution is 9.10. The standard InChI is InChI=1S/C26H17BrN2O4/c1-2-14-11-16(27)12-20-21(26(32)33)13-22(28-23(14)20)15-7-9-17(10-8-15)29-24(30)18-5-3-4-6-19(18)25(29)31/h3-13H,2H2,1H3,(H,32,33). The molecule has 0 aliphatic carbocycles. The molecule has 2 heterocycles. The number of anilines is 1. The maximum atomic E-state index is 12.8. The number of rotatable bonds is 4. The highest BCUT2D eigenvalue weighted by Crippen LogP contribution is 2.33. The number of imide groups is 1. The number of pyridine rings is 1. The number of aromatic nitrogens is 1. The number of carbonyl (C=O) groups excluding carboxylic acids is 2. The summed E-state index contributed by atoms with van der Waals surface area (Å²) < 4.78 is 0.800. The molecule has 4 aromatic rings. The third-order valence-corrected chi connectivity index (χ3v) is 6.24. The van der Waals surface area contributed by atoms with Crippen molar-refractivity contribution in [2.45, 2.75) is 13.3 Å². The molecule has 33 heavy (non-hydrogen) atoms. The van der Waals surface area contributed by atoms with Crippen molar-refractivity contribution in [1.29, 1.82) is 0 Å². The van der Waals surface area contributed by atoms with Gasteiger partial charge in [-0.15, -0.1) is 0 Å². The van der Waals surface area contributed by atoms with Crippen LogP contribution in [0.3, 0.4) is 0 Å². The van der Waals surface area contributed by atoms with E-state index in [9.17, 15) is 19.5 Å². The van der Waals surface area contributed by atoms with Gasteiger partial charge >= 0.3 is 5.97 Å². The van der Waals surface area contributed by atoms with E-state index < -0.39 is 5.97 Å². The number of benzene rings is 3. The third kappa shape index (κ3) is 3.41. The second kappa shape index (κ2) is 7.94. The molecule has 0 spiro atoms. The topological polar surface area (TPSA) is 87.6 Å². The number of carboxylic acids is 1. The fourth-order valence-corrected chi connectivity index (χ4v) is 4.66. The van der Waals surface area contributed by atoms with Gasteiger partial charge in [-0.05, 0) is 54.4 Å². The maximum Gasteiger partial charge on any atom is 0.336 e. The van der Waals surface area contributed by atoms with Gasteiger partial charge in [0, 0.05) is 15.4 Å². The van der Waals surface area contributed by atoms with Gasteiger partial charge in [0.05, 0.1) is 33.6 Å². The predicted molar refractivity (Wildman–Crippen MR) is 129 cm³/mol. The van der Waals surface area contributed by atoms with E-state index in [0.29, 0.717) is 45.4 Å². The highest BCUT2D eigenvalue weighted by atomic mass is 79.9. The molecule has 162 valence electrons. The summed E-state index contributed by atoms with van der Waals surface area (Å²) in [4.78, 5) is 43.4. The molecule has 7 heteroatoms. The number of amides is 2. The lowest BCUT2D eigenvalue weighted by Crippen LogP contribution is -2.29. The molecule has 5 rings (SSSR count). The van der Waals surface area contributed by atoms with E-state index in [0.717, 1.165) is 14.9 Å². The Morgan fingerprint density at radius 2 is 1.61 bits per heavy atom. The summed E-state index contributed by atoms with van der Waals surface area (Å²) in [5.74, 6) is -1.76. The van der Waals surface area contributed by atoms with Gasteiger partial charge in [0.15, 0.2) is 0 Å². The minimum absolute atomic E-state index is 0.162. The lowest BCUT2D eigenvalue weighted by Gasteiger charge is -2.15. The van der Waals surface area contributed by atoms with Crippen molar-refractivity contribution in [3.05, 3.63) is 93.5 Å². The monoisotopic (exact) mass is 500 g/mol. The van der Waals surface area contributed by atoms with Crippen molar-refractivity contribution in [2.75, 3.05) is 4.90 Å². The van der Waals surface area contributed by atoms with Gasteiger partial charge in [0.1, 0.15) is 0 Å². The molecule has 0 saturated heterocycles. The van der Waals surface area contributed by atoms with E-state index in [2.05, 4.69) is 15.9 Å². The molecule has 2 amide bonds. The Kier molecular flexibility index (Phi) is 5.06. The van der Waals surface area contributed by atoms with Crippen molar-refractivity contribution >= 4 is 50.3 Å². The van der Waals surface area contributed by atoms with E-state index in [1.807, 2.05) is 13.0 Å². The normalized spacial score (nSPS) is 13.0. The van der Waals surface area contributed by atoms with Gasteiger partial charge in [-0.1, -0.05) is 47.1 Å². The molecule has 1 aliphatic heterocycles. The largest absolute Gasteiger partial charge is 0.478 e. The molecule has 0 unspecified atom stereocenters. The number of hydrogen-bond acceptors (Lipinski definition) is 4. The zero-order valence-corrected chi connectivity index (χ0v) is 19.1. The quantitative estimate of drug-likeness (QED) is 0.361. The van der Waals surface area contributed by atoms with Crippen LogP contribution in [0.2, 0.25) is 0 Å². The Morgan fingerprint density at radius 3 is 2.18 bits per heavy atom. The molecule has 3 aromatic carbocycles. The van der Waals surface area contributed by atoms with Crippen LogP contribution in [-0.2, 0) is 6.42 Å². The maximum absolute atomic E-state index is 12.8. The first kappa shape index (κ1) is 21.0. The van der Waals surface area contributed by atoms with Crippen LogP contribution in [0, 0.1) is 0 Å². The minimum Gasteiger partial charge on any atom is -0.478 e. The van der Waals surface area contributed by atoms with Gasteiger partial charge < -0.3 is 5.11 Å². The predicted octanol–water partition coefficient (Wildman–Crippen LogP) is 5.73. The van der Waals surface area contributed by atoms with Crippen molar-refractivity contribution in [3.8, 4) is 11.3 Å². The van der Waals surface area contributed by atoms with Gasteiger partial charge in [-0.3, -0.25) is 9.59 Å². The summed E-state index contributed by atoms with van der Waals surface area (Å²) >= 11 is 3.45. The Bertz CT molecular complexity index is 1440. The van der Waals surface area contributed by atoms with Gasteiger partial charge in [0.25, 0.3) is 11.8 Å². The first-order valence-electron chi connectivity index (χ1n) is 10.3. The first-order valence-corrected chi connectivity index (χ1v) is 11.1. The SMILES string of the molecule is CCc1cc(Br)cc2c(C(=O)O)cc(-c3ccc(N4C(=O)c5ccccc5C4=O)cc3)nc12. The van der Waals surface area contributed by atoms with Crippen LogP contribution < -0.4 is 4.90 Å². The van der Waals surface area contributed by atoms with E-state index in [-0.39, 0.29) is 17.4 Å². The lowest BCUT2D eigenvalue weighted by atomic mass is 10.0. The lowest BCUT2D eigenvalue weighted by molar-refractivity contribution is 0.0698. The third-order valence-electron chi connectivity index (χ3n) is 5.78. The molecular formula is C26H17BrN2O4. The van der Waals surface area contributed by atoms with Gasteiger partial charge in [-0.25, -0.2) is 14.7 Å². The fraction of sp³-hybridized carbons (Fsp3) is 0.0769. The average molecular weight is 501 g/mol. The molecule has 1 N–H and O–H groups in total. The molecule has 1 aliphatic rings. The Labute approximate surface area is 197 Å². The molecule has 0 saturated carbocycles. The number of aryl methyl sites for hydroxylation is 1. The number of carboxylic acid groups (broad SMARTS) is 1. The van der Waals surface area contributed by atoms with E-state index in [1.165, 1.54) is 0 Å². The van der Waals surface area contributed by atoms with Crippen molar-refractivity contribution < 1.29 is 19.5 Å². The molecule has 0 atom stereocenters. The zero-order valence-electron chi connectivity index (χ0n) is 17.5. The second-order valence-electron chi connectivity index (χ2n) is 7.71. The fourth-order valence-electron chi connectivity index (χ4n) is 4.16. The highest BCUT2D eigenvalue weighted by Gasteiger charge is 2.36. The minimum atomic E-state index is -1.04. The summed E-state index contributed by atoms with van der Waals surface area (Å²) in [6.45, 7) is 1.99. The average Bonchev–Trinajstić information content (AvgIpc) is 3.08. The molecule has 0 radical (unpaired) electrons. The Morgan fingerprint density at radius 1 is 0.970 bits per heavy atom. The van der Waals surface area contributed by atoms with E-state index in [4.69, 9.17) is 4.98 Å². The van der Waals surface area contributed by atoms with Crippen molar-refractivity contribution in [2.24, 2.45) is 0 Å². The summed E-state index contributed by atoms with van der Waals surface area (Å²) in [5.41, 5.74) is 4.14. The smallest absolute Gasteiger partial charge is 0.336 e. The summed E-state index contributed by atoms with van der Waals surface area (Å²) in [5, 5.41) is 10.4. The number of fused-ring (bicyclic) bond motifs is 2. The van der Waals surface area contributed by atoms with Gasteiger partial charge in [0.2, 0.25) is 0 Å². The molecule has 1 aromatic heterocycles. The van der Waals surface area contributed by atoms with Crippen LogP contribution in [0.15, 0.2) is 71.2 Å². The molecule has 0 fully saturated rings. The summed E-state index contributed by atoms with van der Waals surface area (Å²) in [6.07, 6.45) is 0.699. The number of carbonyl (C=O) groups is 3. The molecular weight excluding hydrogens is 484 g/mol. The number of nitrogens with zero attached hydrogens (tertiary/aromatic N) is 2. The first-order chi connectivity index (χ1) is 15.9. The van der Waals surface area contributed by atoms with E-state index >= 15 is 0 Å². The van der Waals surface area contributed by atoms with Crippen LogP contribution in [0.5, 0.6) is 0 Å². The summed E-state index contributed by atoms with van der Waals surface area (Å²) in [6, 6.07) is 18.8.